The Bertz CT molecular complexity index is 164. The molecule has 0 amide bonds. The van der Waals surface area contributed by atoms with Crippen molar-refractivity contribution in [3.05, 3.63) is 36.5 Å². The van der Waals surface area contributed by atoms with E-state index < -0.39 is 0 Å². The van der Waals surface area contributed by atoms with Gasteiger partial charge >= 0.3 is 0 Å². The first-order valence-electron chi connectivity index (χ1n) is 5.45. The van der Waals surface area contributed by atoms with Gasteiger partial charge in [-0.3, -0.25) is 0 Å². The van der Waals surface area contributed by atoms with Gasteiger partial charge in [-0.15, -0.1) is 0 Å². The van der Waals surface area contributed by atoms with Gasteiger partial charge in [0.15, 0.2) is 0 Å². The zero-order valence-electron chi connectivity index (χ0n) is 8.41. The van der Waals surface area contributed by atoms with Crippen LogP contribution in [0.3, 0.4) is 0 Å². The van der Waals surface area contributed by atoms with Crippen LogP contribution in [-0.4, -0.2) is 0 Å². The van der Waals surface area contributed by atoms with E-state index in [0.717, 1.165) is 12.8 Å². The molecular formula is C13H20. The summed E-state index contributed by atoms with van der Waals surface area (Å²) in [6.07, 6.45) is 22.5. The molecule has 0 radical (unpaired) electrons. The lowest BCUT2D eigenvalue weighted by molar-refractivity contribution is 0.695. The smallest absolute Gasteiger partial charge is 0.0169 e. The zero-order chi connectivity index (χ0) is 9.19. The SMILES string of the molecule is C1=CC/C=C/CCCCC/C=C\C1. The molecule has 13 heavy (non-hydrogen) atoms. The molecule has 0 saturated heterocycles. The summed E-state index contributed by atoms with van der Waals surface area (Å²) < 4.78 is 0. The Morgan fingerprint density at radius 2 is 0.923 bits per heavy atom. The molecule has 0 unspecified atom stereocenters. The Hall–Kier alpha value is -0.780. The molecule has 0 heterocycles. The van der Waals surface area contributed by atoms with Crippen LogP contribution in [-0.2, 0) is 0 Å². The minimum absolute atomic E-state index is 1.10. The van der Waals surface area contributed by atoms with E-state index in [1.807, 2.05) is 0 Å². The molecule has 0 N–H and O–H groups in total. The van der Waals surface area contributed by atoms with Crippen LogP contribution in [0.2, 0.25) is 0 Å². The highest BCUT2D eigenvalue weighted by atomic mass is 13.9. The molecule has 1 rings (SSSR count). The molecule has 0 spiro atoms. The minimum Gasteiger partial charge on any atom is -0.0882 e. The van der Waals surface area contributed by atoms with E-state index in [4.69, 9.17) is 0 Å². The first-order valence-corrected chi connectivity index (χ1v) is 5.45. The molecule has 0 aromatic heterocycles. The van der Waals surface area contributed by atoms with Crippen LogP contribution in [0.4, 0.5) is 0 Å². The number of rotatable bonds is 0. The van der Waals surface area contributed by atoms with Crippen LogP contribution < -0.4 is 0 Å². The van der Waals surface area contributed by atoms with E-state index in [0.29, 0.717) is 0 Å². The van der Waals surface area contributed by atoms with E-state index >= 15 is 0 Å². The molecule has 0 aliphatic heterocycles. The van der Waals surface area contributed by atoms with Crippen LogP contribution in [0, 0.1) is 0 Å². The quantitative estimate of drug-likeness (QED) is 0.480. The summed E-state index contributed by atoms with van der Waals surface area (Å²) in [5, 5.41) is 0. The third-order valence-electron chi connectivity index (χ3n) is 2.29. The molecule has 72 valence electrons. The molecule has 0 heteroatoms. The summed E-state index contributed by atoms with van der Waals surface area (Å²) in [6.45, 7) is 0. The normalized spacial score (nSPS) is 25.2. The van der Waals surface area contributed by atoms with Gasteiger partial charge in [0, 0.05) is 0 Å². The topological polar surface area (TPSA) is 0 Å². The number of hydrogen-bond acceptors (Lipinski definition) is 0. The van der Waals surface area contributed by atoms with Gasteiger partial charge in [0.2, 0.25) is 0 Å². The van der Waals surface area contributed by atoms with Crippen molar-refractivity contribution in [2.75, 3.05) is 0 Å². The first kappa shape index (κ1) is 10.3. The van der Waals surface area contributed by atoms with Crippen molar-refractivity contribution >= 4 is 0 Å². The largest absolute Gasteiger partial charge is 0.0882 e. The second kappa shape index (κ2) is 7.85. The molecule has 1 aliphatic rings. The molecule has 0 aromatic carbocycles. The fourth-order valence-corrected chi connectivity index (χ4v) is 1.48. The predicted octanol–water partition coefficient (Wildman–Crippen LogP) is 4.40. The van der Waals surface area contributed by atoms with E-state index in [-0.39, 0.29) is 0 Å². The average Bonchev–Trinajstić information content (AvgIpc) is 2.18. The molecule has 1 aliphatic carbocycles. The van der Waals surface area contributed by atoms with Gasteiger partial charge in [-0.25, -0.2) is 0 Å². The number of allylic oxidation sites excluding steroid dienone is 6. The van der Waals surface area contributed by atoms with E-state index in [1.54, 1.807) is 0 Å². The maximum Gasteiger partial charge on any atom is -0.0169 e. The highest BCUT2D eigenvalue weighted by molar-refractivity contribution is 4.97. The van der Waals surface area contributed by atoms with Gasteiger partial charge in [-0.2, -0.15) is 0 Å². The van der Waals surface area contributed by atoms with Crippen LogP contribution in [0.25, 0.3) is 0 Å². The fraction of sp³-hybridized carbons (Fsp3) is 0.538. The highest BCUT2D eigenvalue weighted by Crippen LogP contribution is 2.06. The molecular weight excluding hydrogens is 156 g/mol. The monoisotopic (exact) mass is 176 g/mol. The zero-order valence-corrected chi connectivity index (χ0v) is 8.41. The summed E-state index contributed by atoms with van der Waals surface area (Å²) >= 11 is 0. The fourth-order valence-electron chi connectivity index (χ4n) is 1.48. The maximum atomic E-state index is 2.32. The van der Waals surface area contributed by atoms with E-state index in [2.05, 4.69) is 36.5 Å². The summed E-state index contributed by atoms with van der Waals surface area (Å²) in [5.74, 6) is 0. The molecule has 0 fully saturated rings. The third-order valence-corrected chi connectivity index (χ3v) is 2.29. The standard InChI is InChI=1S/C13H20/c1-2-4-6-8-10-12-13-11-9-7-5-3-1/h1-2,5-8H,3-4,9-13H2/b2-1?,7-5-,8-6+. The highest BCUT2D eigenvalue weighted by Gasteiger charge is 1.86. The molecule has 0 bridgehead atoms. The lowest BCUT2D eigenvalue weighted by Gasteiger charge is -1.94. The van der Waals surface area contributed by atoms with Crippen molar-refractivity contribution in [1.29, 1.82) is 0 Å². The van der Waals surface area contributed by atoms with Crippen LogP contribution in [0.1, 0.15) is 44.9 Å². The lowest BCUT2D eigenvalue weighted by atomic mass is 10.1. The van der Waals surface area contributed by atoms with Crippen LogP contribution >= 0.6 is 0 Å². The van der Waals surface area contributed by atoms with Gasteiger partial charge in [-0.05, 0) is 38.5 Å². The molecule has 0 saturated carbocycles. The van der Waals surface area contributed by atoms with Crippen molar-refractivity contribution in [2.24, 2.45) is 0 Å². The van der Waals surface area contributed by atoms with Crippen molar-refractivity contribution in [3.63, 3.8) is 0 Å². The second-order valence-electron chi connectivity index (χ2n) is 3.52. The van der Waals surface area contributed by atoms with Gasteiger partial charge in [0.25, 0.3) is 0 Å². The van der Waals surface area contributed by atoms with Crippen LogP contribution in [0.5, 0.6) is 0 Å². The predicted molar refractivity (Wildman–Crippen MR) is 59.7 cm³/mol. The maximum absolute atomic E-state index is 2.32. The summed E-state index contributed by atoms with van der Waals surface area (Å²) in [7, 11) is 0. The summed E-state index contributed by atoms with van der Waals surface area (Å²) in [6, 6.07) is 0. The Balaban J connectivity index is 2.28. The number of hydrogen-bond donors (Lipinski definition) is 0. The minimum atomic E-state index is 1.10. The van der Waals surface area contributed by atoms with E-state index in [9.17, 15) is 0 Å². The molecule has 0 atom stereocenters. The third kappa shape index (κ3) is 6.39. The van der Waals surface area contributed by atoms with Gasteiger partial charge in [-0.1, -0.05) is 42.9 Å². The summed E-state index contributed by atoms with van der Waals surface area (Å²) in [4.78, 5) is 0. The second-order valence-corrected chi connectivity index (χ2v) is 3.52. The van der Waals surface area contributed by atoms with Crippen molar-refractivity contribution in [3.8, 4) is 0 Å². The van der Waals surface area contributed by atoms with Crippen molar-refractivity contribution in [2.45, 2.75) is 44.9 Å². The van der Waals surface area contributed by atoms with E-state index in [1.165, 1.54) is 32.1 Å². The average molecular weight is 176 g/mol. The molecule has 0 nitrogen and oxygen atoms in total. The summed E-state index contributed by atoms with van der Waals surface area (Å²) in [5.41, 5.74) is 0. The Morgan fingerprint density at radius 1 is 0.462 bits per heavy atom. The van der Waals surface area contributed by atoms with Crippen molar-refractivity contribution in [1.82, 2.24) is 0 Å². The lowest BCUT2D eigenvalue weighted by Crippen LogP contribution is -1.74. The van der Waals surface area contributed by atoms with Gasteiger partial charge < -0.3 is 0 Å². The first-order chi connectivity index (χ1) is 6.50. The van der Waals surface area contributed by atoms with Crippen molar-refractivity contribution < 1.29 is 0 Å². The Kier molecular flexibility index (Phi) is 6.22. The van der Waals surface area contributed by atoms with Gasteiger partial charge in [0.1, 0.15) is 0 Å². The molecule has 0 aromatic rings. The van der Waals surface area contributed by atoms with Crippen LogP contribution in [0.15, 0.2) is 36.5 Å². The Morgan fingerprint density at radius 3 is 1.46 bits per heavy atom. The van der Waals surface area contributed by atoms with Gasteiger partial charge in [0.05, 0.1) is 0 Å². The Labute approximate surface area is 82.0 Å².